The van der Waals surface area contributed by atoms with Crippen LogP contribution in [0.1, 0.15) is 11.1 Å². The summed E-state index contributed by atoms with van der Waals surface area (Å²) < 4.78 is 10.6. The molecule has 0 bridgehead atoms. The quantitative estimate of drug-likeness (QED) is 0.779. The molecule has 3 aromatic rings. The van der Waals surface area contributed by atoms with Crippen LogP contribution >= 0.6 is 0 Å². The van der Waals surface area contributed by atoms with E-state index >= 15 is 0 Å². The zero-order valence-corrected chi connectivity index (χ0v) is 13.4. The molecule has 0 fully saturated rings. The molecule has 0 aliphatic rings. The Balaban J connectivity index is 1.57. The van der Waals surface area contributed by atoms with E-state index in [0.717, 1.165) is 22.4 Å². The lowest BCUT2D eigenvalue weighted by atomic mass is 10.1. The van der Waals surface area contributed by atoms with Crippen molar-refractivity contribution in [1.82, 2.24) is 10.2 Å². The third-order valence-corrected chi connectivity index (χ3v) is 3.71. The van der Waals surface area contributed by atoms with Crippen molar-refractivity contribution >= 4 is 11.6 Å². The molecule has 0 saturated heterocycles. The number of nitrogens with one attached hydrogen (secondary N) is 1. The van der Waals surface area contributed by atoms with Gasteiger partial charge in [-0.25, -0.2) is 0 Å². The molecule has 2 aromatic carbocycles. The fourth-order valence-corrected chi connectivity index (χ4v) is 2.21. The number of aryl methyl sites for hydroxylation is 1. The van der Waals surface area contributed by atoms with Crippen LogP contribution < -0.4 is 10.1 Å². The molecule has 0 aliphatic carbocycles. The van der Waals surface area contributed by atoms with Gasteiger partial charge in [0.1, 0.15) is 5.75 Å². The van der Waals surface area contributed by atoms with Gasteiger partial charge in [0.25, 0.3) is 5.91 Å². The van der Waals surface area contributed by atoms with Crippen molar-refractivity contribution in [1.29, 1.82) is 0 Å². The smallest absolute Gasteiger partial charge is 0.262 e. The lowest BCUT2D eigenvalue weighted by Crippen LogP contribution is -2.20. The lowest BCUT2D eigenvalue weighted by molar-refractivity contribution is -0.118. The van der Waals surface area contributed by atoms with Crippen molar-refractivity contribution in [2.75, 3.05) is 11.9 Å². The third kappa shape index (κ3) is 3.60. The average molecular weight is 323 g/mol. The van der Waals surface area contributed by atoms with Crippen molar-refractivity contribution < 1.29 is 13.9 Å². The second kappa shape index (κ2) is 6.95. The SMILES string of the molecule is Cc1cccc(NC(=O)COc2ccc(-c3nnco3)cc2)c1C. The molecular weight excluding hydrogens is 306 g/mol. The number of rotatable bonds is 5. The molecule has 1 aromatic heterocycles. The Kier molecular flexibility index (Phi) is 4.56. The minimum Gasteiger partial charge on any atom is -0.484 e. The molecule has 1 N–H and O–H groups in total. The van der Waals surface area contributed by atoms with Crippen LogP contribution in [0.2, 0.25) is 0 Å². The first-order valence-corrected chi connectivity index (χ1v) is 7.49. The van der Waals surface area contributed by atoms with Crippen molar-refractivity contribution in [3.8, 4) is 17.2 Å². The van der Waals surface area contributed by atoms with E-state index in [9.17, 15) is 4.79 Å². The number of aromatic nitrogens is 2. The predicted octanol–water partition coefficient (Wildman–Crippen LogP) is 3.37. The van der Waals surface area contributed by atoms with Gasteiger partial charge in [-0.05, 0) is 55.3 Å². The van der Waals surface area contributed by atoms with Gasteiger partial charge in [-0.15, -0.1) is 10.2 Å². The summed E-state index contributed by atoms with van der Waals surface area (Å²) in [6.45, 7) is 3.92. The highest BCUT2D eigenvalue weighted by Crippen LogP contribution is 2.21. The van der Waals surface area contributed by atoms with Crippen molar-refractivity contribution in [3.63, 3.8) is 0 Å². The monoisotopic (exact) mass is 323 g/mol. The number of hydrogen-bond donors (Lipinski definition) is 1. The minimum absolute atomic E-state index is 0.0622. The predicted molar refractivity (Wildman–Crippen MR) is 89.8 cm³/mol. The van der Waals surface area contributed by atoms with Gasteiger partial charge in [0.15, 0.2) is 6.61 Å². The zero-order chi connectivity index (χ0) is 16.9. The summed E-state index contributed by atoms with van der Waals surface area (Å²) in [4.78, 5) is 12.0. The number of amides is 1. The normalized spacial score (nSPS) is 10.4. The largest absolute Gasteiger partial charge is 0.484 e. The van der Waals surface area contributed by atoms with Crippen LogP contribution in [0.15, 0.2) is 53.3 Å². The summed E-state index contributed by atoms with van der Waals surface area (Å²) in [6, 6.07) is 12.9. The highest BCUT2D eigenvalue weighted by Gasteiger charge is 2.08. The molecule has 24 heavy (non-hydrogen) atoms. The van der Waals surface area contributed by atoms with E-state index in [2.05, 4.69) is 15.5 Å². The first kappa shape index (κ1) is 15.7. The second-order valence-corrected chi connectivity index (χ2v) is 5.35. The number of carbonyl (C=O) groups is 1. The Labute approximate surface area is 139 Å². The standard InChI is InChI=1S/C18H17N3O3/c1-12-4-3-5-16(13(12)2)20-17(22)10-23-15-8-6-14(7-9-15)18-21-19-11-24-18/h3-9,11H,10H2,1-2H3,(H,20,22). The van der Waals surface area contributed by atoms with Crippen LogP contribution in [0.25, 0.3) is 11.5 Å². The molecule has 6 nitrogen and oxygen atoms in total. The Bertz CT molecular complexity index is 827. The van der Waals surface area contributed by atoms with Crippen LogP contribution in [0, 0.1) is 13.8 Å². The van der Waals surface area contributed by atoms with Gasteiger partial charge in [0, 0.05) is 11.3 Å². The minimum atomic E-state index is -0.204. The first-order valence-electron chi connectivity index (χ1n) is 7.49. The Hall–Kier alpha value is -3.15. The van der Waals surface area contributed by atoms with E-state index in [4.69, 9.17) is 9.15 Å². The van der Waals surface area contributed by atoms with Gasteiger partial charge in [0.05, 0.1) is 0 Å². The summed E-state index contributed by atoms with van der Waals surface area (Å²) in [5.74, 6) is 0.827. The molecule has 3 rings (SSSR count). The van der Waals surface area contributed by atoms with Gasteiger partial charge >= 0.3 is 0 Å². The number of benzene rings is 2. The van der Waals surface area contributed by atoms with E-state index in [1.807, 2.05) is 32.0 Å². The van der Waals surface area contributed by atoms with Crippen molar-refractivity contribution in [2.24, 2.45) is 0 Å². The fraction of sp³-hybridized carbons (Fsp3) is 0.167. The number of anilines is 1. The van der Waals surface area contributed by atoms with E-state index in [-0.39, 0.29) is 12.5 Å². The van der Waals surface area contributed by atoms with Crippen molar-refractivity contribution in [3.05, 3.63) is 60.0 Å². The van der Waals surface area contributed by atoms with Crippen LogP contribution in [0.5, 0.6) is 5.75 Å². The Morgan fingerprint density at radius 3 is 2.67 bits per heavy atom. The highest BCUT2D eigenvalue weighted by atomic mass is 16.5. The number of hydrogen-bond acceptors (Lipinski definition) is 5. The van der Waals surface area contributed by atoms with Gasteiger partial charge in [0.2, 0.25) is 12.3 Å². The summed E-state index contributed by atoms with van der Waals surface area (Å²) in [5.41, 5.74) is 3.77. The molecule has 1 heterocycles. The van der Waals surface area contributed by atoms with E-state index in [1.54, 1.807) is 24.3 Å². The molecule has 6 heteroatoms. The van der Waals surface area contributed by atoms with Crippen LogP contribution in [-0.2, 0) is 4.79 Å². The summed E-state index contributed by atoms with van der Waals surface area (Å²) >= 11 is 0. The molecule has 0 spiro atoms. The molecule has 0 saturated carbocycles. The topological polar surface area (TPSA) is 77.2 Å². The Morgan fingerprint density at radius 1 is 1.17 bits per heavy atom. The van der Waals surface area contributed by atoms with Crippen LogP contribution in [0.3, 0.4) is 0 Å². The van der Waals surface area contributed by atoms with E-state index in [1.165, 1.54) is 6.39 Å². The number of ether oxygens (including phenoxy) is 1. The van der Waals surface area contributed by atoms with Crippen molar-refractivity contribution in [2.45, 2.75) is 13.8 Å². The van der Waals surface area contributed by atoms with Crippen LogP contribution in [-0.4, -0.2) is 22.7 Å². The molecule has 0 aliphatic heterocycles. The van der Waals surface area contributed by atoms with Gasteiger partial charge in [-0.3, -0.25) is 4.79 Å². The molecule has 0 radical (unpaired) electrons. The highest BCUT2D eigenvalue weighted by molar-refractivity contribution is 5.92. The maximum Gasteiger partial charge on any atom is 0.262 e. The summed E-state index contributed by atoms with van der Waals surface area (Å²) in [5, 5.41) is 10.3. The van der Waals surface area contributed by atoms with E-state index < -0.39 is 0 Å². The third-order valence-electron chi connectivity index (χ3n) is 3.71. The second-order valence-electron chi connectivity index (χ2n) is 5.35. The Morgan fingerprint density at radius 2 is 1.96 bits per heavy atom. The maximum absolute atomic E-state index is 12.0. The van der Waals surface area contributed by atoms with Gasteiger partial charge in [-0.1, -0.05) is 12.1 Å². The fourth-order valence-electron chi connectivity index (χ4n) is 2.21. The molecule has 1 amide bonds. The average Bonchev–Trinajstić information content (AvgIpc) is 3.12. The van der Waals surface area contributed by atoms with Crippen LogP contribution in [0.4, 0.5) is 5.69 Å². The van der Waals surface area contributed by atoms with Gasteiger partial charge in [-0.2, -0.15) is 0 Å². The van der Waals surface area contributed by atoms with Gasteiger partial charge < -0.3 is 14.5 Å². The molecule has 0 unspecified atom stereocenters. The first-order chi connectivity index (χ1) is 11.6. The lowest BCUT2D eigenvalue weighted by Gasteiger charge is -2.11. The van der Waals surface area contributed by atoms with E-state index in [0.29, 0.717) is 11.6 Å². The number of carbonyl (C=O) groups excluding carboxylic acids is 1. The summed E-state index contributed by atoms with van der Waals surface area (Å²) in [6.07, 6.45) is 1.28. The maximum atomic E-state index is 12.0. The summed E-state index contributed by atoms with van der Waals surface area (Å²) in [7, 11) is 0. The molecule has 122 valence electrons. The number of nitrogens with zero attached hydrogens (tertiary/aromatic N) is 2. The molecular formula is C18H17N3O3. The molecule has 0 atom stereocenters. The zero-order valence-electron chi connectivity index (χ0n) is 13.4.